The number of aliphatic hydroxyl groups is 5. The van der Waals surface area contributed by atoms with Gasteiger partial charge in [-0.25, -0.2) is 24.0 Å². The van der Waals surface area contributed by atoms with Gasteiger partial charge in [-0.3, -0.25) is 4.79 Å². The third-order valence-corrected chi connectivity index (χ3v) is 9.40. The number of hydrogen-bond donors (Lipinski definition) is 5. The number of rotatable bonds is 25. The molecule has 0 fully saturated rings. The average molecular weight is 781 g/mol. The van der Waals surface area contributed by atoms with Crippen LogP contribution >= 0.6 is 0 Å². The largest absolute Gasteiger partial charge is 0.460 e. The number of aliphatic hydroxyl groups excluding tert-OH is 5. The fourth-order valence-corrected chi connectivity index (χ4v) is 4.76. The summed E-state index contributed by atoms with van der Waals surface area (Å²) in [7, 11) is 0. The van der Waals surface area contributed by atoms with E-state index in [-0.39, 0.29) is 0 Å². The summed E-state index contributed by atoms with van der Waals surface area (Å²) < 4.78 is 32.5. The average Bonchev–Trinajstić information content (AvgIpc) is 3.14. The first-order chi connectivity index (χ1) is 25.1. The highest BCUT2D eigenvalue weighted by atomic mass is 16.7. The third kappa shape index (κ3) is 15.8. The molecule has 0 spiro atoms. The molecule has 0 radical (unpaired) electrons. The predicted octanol–water partition coefficient (Wildman–Crippen LogP) is 1.38. The first-order valence-electron chi connectivity index (χ1n) is 18.6. The van der Waals surface area contributed by atoms with Crippen LogP contribution in [-0.2, 0) is 57.2 Å². The van der Waals surface area contributed by atoms with Gasteiger partial charge < -0.3 is 54.0 Å². The number of carbonyl (C=O) groups excluding carboxylic acids is 6. The van der Waals surface area contributed by atoms with Crippen molar-refractivity contribution < 1.29 is 82.7 Å². The molecule has 17 heteroatoms. The van der Waals surface area contributed by atoms with Gasteiger partial charge in [0, 0.05) is 36.5 Å². The molecule has 5 N–H and O–H groups in total. The molecular weight excluding hydrogens is 716 g/mol. The number of hydrogen-bond acceptors (Lipinski definition) is 17. The molecule has 0 rings (SSSR count). The molecule has 0 aromatic rings. The van der Waals surface area contributed by atoms with Gasteiger partial charge in [-0.05, 0) is 25.7 Å². The zero-order chi connectivity index (χ0) is 42.0. The molecule has 0 unspecified atom stereocenters. The van der Waals surface area contributed by atoms with Crippen LogP contribution in [0.5, 0.6) is 0 Å². The summed E-state index contributed by atoms with van der Waals surface area (Å²) in [5, 5.41) is 48.6. The summed E-state index contributed by atoms with van der Waals surface area (Å²) in [4.78, 5) is 78.6. The predicted molar refractivity (Wildman–Crippen MR) is 190 cm³/mol. The minimum absolute atomic E-state index is 0.302. The Kier molecular flexibility index (Phi) is 23.4. The van der Waals surface area contributed by atoms with Crippen LogP contribution in [0, 0.1) is 29.6 Å². The molecule has 0 bridgehead atoms. The number of esters is 6. The summed E-state index contributed by atoms with van der Waals surface area (Å²) in [6, 6.07) is 0. The van der Waals surface area contributed by atoms with E-state index in [9.17, 15) is 49.2 Å². The Morgan fingerprint density at radius 3 is 1.04 bits per heavy atom. The topological polar surface area (TPSA) is 259 Å². The van der Waals surface area contributed by atoms with Crippen LogP contribution in [0.1, 0.15) is 102 Å². The van der Waals surface area contributed by atoms with Crippen molar-refractivity contribution in [1.82, 2.24) is 0 Å². The van der Waals surface area contributed by atoms with E-state index < -0.39 is 134 Å². The fourth-order valence-electron chi connectivity index (χ4n) is 4.76. The van der Waals surface area contributed by atoms with E-state index in [4.69, 9.17) is 33.5 Å². The molecule has 0 heterocycles. The van der Waals surface area contributed by atoms with E-state index in [1.165, 1.54) is 0 Å². The molecule has 0 aliphatic rings. The Hall–Kier alpha value is -3.38. The molecule has 54 heavy (non-hydrogen) atoms. The normalized spacial score (nSPS) is 18.8. The van der Waals surface area contributed by atoms with Crippen LogP contribution in [0.25, 0.3) is 0 Å². The van der Waals surface area contributed by atoms with Gasteiger partial charge in [0.15, 0.2) is 0 Å². The summed E-state index contributed by atoms with van der Waals surface area (Å²) in [6.45, 7) is 15.9. The maximum absolute atomic E-state index is 13.7. The minimum Gasteiger partial charge on any atom is -0.460 e. The molecule has 0 saturated carbocycles. The second-order valence-electron chi connectivity index (χ2n) is 14.2. The van der Waals surface area contributed by atoms with Crippen molar-refractivity contribution in [3.8, 4) is 0 Å². The summed E-state index contributed by atoms with van der Waals surface area (Å²) in [5.41, 5.74) is 0. The van der Waals surface area contributed by atoms with Gasteiger partial charge in [0.25, 0.3) is 0 Å². The van der Waals surface area contributed by atoms with Crippen molar-refractivity contribution in [2.24, 2.45) is 29.6 Å². The van der Waals surface area contributed by atoms with Gasteiger partial charge in [-0.2, -0.15) is 0 Å². The quantitative estimate of drug-likeness (QED) is 0.0648. The second-order valence-corrected chi connectivity index (χ2v) is 14.2. The molecule has 314 valence electrons. The van der Waals surface area contributed by atoms with E-state index in [1.54, 1.807) is 69.2 Å². The number of ether oxygens (including phenoxy) is 6. The van der Waals surface area contributed by atoms with Crippen molar-refractivity contribution in [3.05, 3.63) is 0 Å². The highest BCUT2D eigenvalue weighted by molar-refractivity contribution is 5.87. The van der Waals surface area contributed by atoms with Crippen molar-refractivity contribution in [2.75, 3.05) is 13.2 Å². The van der Waals surface area contributed by atoms with Crippen LogP contribution in [0.15, 0.2) is 0 Å². The fraction of sp³-hybridized carbons (Fsp3) is 0.838. The Morgan fingerprint density at radius 2 is 0.759 bits per heavy atom. The highest BCUT2D eigenvalue weighted by Gasteiger charge is 2.42. The van der Waals surface area contributed by atoms with Crippen LogP contribution in [-0.4, -0.2) is 129 Å². The van der Waals surface area contributed by atoms with Crippen molar-refractivity contribution in [1.29, 1.82) is 0 Å². The monoisotopic (exact) mass is 780 g/mol. The van der Waals surface area contributed by atoms with Crippen molar-refractivity contribution in [2.45, 2.75) is 157 Å². The Labute approximate surface area is 317 Å². The van der Waals surface area contributed by atoms with Crippen LogP contribution in [0.4, 0.5) is 0 Å². The van der Waals surface area contributed by atoms with E-state index in [0.29, 0.717) is 25.7 Å². The maximum atomic E-state index is 13.7. The Bertz CT molecular complexity index is 1190. The first kappa shape index (κ1) is 50.6. The third-order valence-electron chi connectivity index (χ3n) is 9.40. The van der Waals surface area contributed by atoms with Crippen LogP contribution in [0.3, 0.4) is 0 Å². The Balaban J connectivity index is 6.24. The molecule has 0 aliphatic heterocycles. The van der Waals surface area contributed by atoms with E-state index >= 15 is 0 Å². The van der Waals surface area contributed by atoms with Gasteiger partial charge in [0.05, 0.1) is 6.61 Å². The lowest BCUT2D eigenvalue weighted by Crippen LogP contribution is -2.48. The molecule has 0 saturated heterocycles. The SMILES string of the molecule is CC[C@@H](C)[C@H](OC(=O)[C@@H](OC(=O)[C@@H](OC(=O)[C@@H](OC(=O)[C@H](OC(C)=O)C(C)C)[C@@H](C)CC)[C@H](C)CC)[C@H](C)CC)C(=O)OC[C@H](O)[C@H](O)[C@H](O)[C@H](O)CO. The Morgan fingerprint density at radius 1 is 0.463 bits per heavy atom. The summed E-state index contributed by atoms with van der Waals surface area (Å²) >= 11 is 0. The zero-order valence-corrected chi connectivity index (χ0v) is 33.5. The first-order valence-corrected chi connectivity index (χ1v) is 18.6. The van der Waals surface area contributed by atoms with Crippen molar-refractivity contribution >= 4 is 35.8 Å². The van der Waals surface area contributed by atoms with Gasteiger partial charge in [-0.15, -0.1) is 0 Å². The lowest BCUT2D eigenvalue weighted by Gasteiger charge is -2.30. The lowest BCUT2D eigenvalue weighted by atomic mass is 9.98. The second kappa shape index (κ2) is 24.9. The van der Waals surface area contributed by atoms with E-state index in [1.807, 2.05) is 0 Å². The smallest absolute Gasteiger partial charge is 0.348 e. The summed E-state index contributed by atoms with van der Waals surface area (Å²) in [6.07, 6.45) is -13.9. The van der Waals surface area contributed by atoms with Gasteiger partial charge in [0.1, 0.15) is 31.0 Å². The van der Waals surface area contributed by atoms with Crippen molar-refractivity contribution in [3.63, 3.8) is 0 Å². The molecule has 0 aromatic carbocycles. The molecule has 0 amide bonds. The lowest BCUT2D eigenvalue weighted by molar-refractivity contribution is -0.197. The molecule has 17 nitrogen and oxygen atoms in total. The standard InChI is InChI=1S/C37H64O17/c1-12-19(7)29(33(44)49-17-25(41)27(43)26(42)24(40)16-38)51-35(46)31(21(9)14-3)53-37(48)32(22(10)15-4)54-36(47)30(20(8)13-2)52-34(45)28(18(5)6)50-23(11)39/h18-22,24-32,38,40-43H,12-17H2,1-11H3/t19-,20+,21-,22-,24-,25+,26-,27+,28-,29+,30+,31+,32+/m1/s1. The maximum Gasteiger partial charge on any atom is 0.348 e. The van der Waals surface area contributed by atoms with E-state index in [0.717, 1.165) is 6.92 Å². The molecule has 13 atom stereocenters. The zero-order valence-electron chi connectivity index (χ0n) is 33.5. The molecule has 0 aromatic heterocycles. The summed E-state index contributed by atoms with van der Waals surface area (Å²) in [5.74, 6) is -9.11. The highest BCUT2D eigenvalue weighted by Crippen LogP contribution is 2.24. The van der Waals surface area contributed by atoms with Gasteiger partial charge in [-0.1, -0.05) is 69.2 Å². The minimum atomic E-state index is -2.00. The van der Waals surface area contributed by atoms with E-state index in [2.05, 4.69) is 0 Å². The number of carbonyl (C=O) groups is 6. The molecular formula is C37H64O17. The van der Waals surface area contributed by atoms with Crippen LogP contribution in [0.2, 0.25) is 0 Å². The van der Waals surface area contributed by atoms with Crippen LogP contribution < -0.4 is 0 Å². The molecule has 0 aliphatic carbocycles. The van der Waals surface area contributed by atoms with Gasteiger partial charge in [0.2, 0.25) is 30.5 Å². The van der Waals surface area contributed by atoms with Gasteiger partial charge >= 0.3 is 35.8 Å².